The number of hydrogen-bond donors (Lipinski definition) is 0. The molecule has 2 rings (SSSR count). The fraction of sp³-hybridized carbons (Fsp3) is 0.533. The number of piperidine rings is 1. The largest absolute Gasteiger partial charge is 0.466 e. The Morgan fingerprint density at radius 1 is 1.33 bits per heavy atom. The zero-order valence-electron chi connectivity index (χ0n) is 12.4. The molecule has 21 heavy (non-hydrogen) atoms. The van der Waals surface area contributed by atoms with Crippen molar-refractivity contribution in [3.8, 4) is 0 Å². The Kier molecular flexibility index (Phi) is 5.00. The summed E-state index contributed by atoms with van der Waals surface area (Å²) in [5.41, 5.74) is 0.914. The molecular formula is C15H21NO4S. The fourth-order valence-corrected chi connectivity index (χ4v) is 4.09. The van der Waals surface area contributed by atoms with Crippen LogP contribution in [0.4, 0.5) is 0 Å². The smallest absolute Gasteiger partial charge is 0.309 e. The lowest BCUT2D eigenvalue weighted by Crippen LogP contribution is -2.40. The van der Waals surface area contributed by atoms with E-state index in [4.69, 9.17) is 4.74 Å². The molecule has 1 aromatic rings. The second-order valence-electron chi connectivity index (χ2n) is 5.25. The molecule has 1 saturated heterocycles. The van der Waals surface area contributed by atoms with E-state index in [2.05, 4.69) is 0 Å². The van der Waals surface area contributed by atoms with Gasteiger partial charge in [-0.15, -0.1) is 0 Å². The summed E-state index contributed by atoms with van der Waals surface area (Å²) in [4.78, 5) is 12.0. The van der Waals surface area contributed by atoms with Gasteiger partial charge in [0, 0.05) is 13.1 Å². The maximum atomic E-state index is 12.6. The van der Waals surface area contributed by atoms with Crippen LogP contribution in [0.3, 0.4) is 0 Å². The summed E-state index contributed by atoms with van der Waals surface area (Å²) >= 11 is 0. The van der Waals surface area contributed by atoms with Gasteiger partial charge in [-0.1, -0.05) is 12.1 Å². The minimum atomic E-state index is -3.46. The lowest BCUT2D eigenvalue weighted by Gasteiger charge is -2.30. The Morgan fingerprint density at radius 3 is 2.57 bits per heavy atom. The summed E-state index contributed by atoms with van der Waals surface area (Å²) in [7, 11) is -3.46. The quantitative estimate of drug-likeness (QED) is 0.797. The van der Waals surface area contributed by atoms with Crippen LogP contribution in [0.15, 0.2) is 29.2 Å². The molecular weight excluding hydrogens is 290 g/mol. The lowest BCUT2D eigenvalue weighted by atomic mass is 9.98. The molecule has 0 bridgehead atoms. The van der Waals surface area contributed by atoms with Gasteiger partial charge in [0.05, 0.1) is 17.4 Å². The molecule has 116 valence electrons. The molecule has 0 amide bonds. The number of carbonyl (C=O) groups is 1. The molecule has 6 heteroatoms. The summed E-state index contributed by atoms with van der Waals surface area (Å²) in [5.74, 6) is -0.404. The molecule has 0 aromatic heterocycles. The molecule has 0 atom stereocenters. The minimum Gasteiger partial charge on any atom is -0.466 e. The molecule has 1 aromatic carbocycles. The first kappa shape index (κ1) is 16.0. The van der Waals surface area contributed by atoms with Crippen molar-refractivity contribution in [2.45, 2.75) is 31.6 Å². The molecule has 0 N–H and O–H groups in total. The van der Waals surface area contributed by atoms with Crippen LogP contribution in [0.5, 0.6) is 0 Å². The van der Waals surface area contributed by atoms with Crippen LogP contribution in [0.1, 0.15) is 25.3 Å². The first-order valence-electron chi connectivity index (χ1n) is 7.18. The third-order valence-electron chi connectivity index (χ3n) is 3.70. The topological polar surface area (TPSA) is 63.7 Å². The fourth-order valence-electron chi connectivity index (χ4n) is 2.52. The Labute approximate surface area is 126 Å². The van der Waals surface area contributed by atoms with E-state index in [-0.39, 0.29) is 11.9 Å². The van der Waals surface area contributed by atoms with Crippen molar-refractivity contribution in [3.63, 3.8) is 0 Å². The second-order valence-corrected chi connectivity index (χ2v) is 7.18. The van der Waals surface area contributed by atoms with Crippen LogP contribution in [0.25, 0.3) is 0 Å². The number of carbonyl (C=O) groups excluding carboxylic acids is 1. The molecule has 1 heterocycles. The van der Waals surface area contributed by atoms with Gasteiger partial charge in [-0.05, 0) is 44.4 Å². The maximum absolute atomic E-state index is 12.6. The van der Waals surface area contributed by atoms with E-state index in [1.807, 2.05) is 13.0 Å². The third kappa shape index (κ3) is 3.63. The van der Waals surface area contributed by atoms with Crippen LogP contribution < -0.4 is 0 Å². The highest BCUT2D eigenvalue weighted by atomic mass is 32.2. The predicted molar refractivity (Wildman–Crippen MR) is 79.3 cm³/mol. The second kappa shape index (κ2) is 6.58. The first-order valence-corrected chi connectivity index (χ1v) is 8.62. The highest BCUT2D eigenvalue weighted by Crippen LogP contribution is 2.24. The number of rotatable bonds is 4. The molecule has 1 aliphatic heterocycles. The zero-order chi connectivity index (χ0) is 15.5. The minimum absolute atomic E-state index is 0.186. The number of aryl methyl sites for hydroxylation is 1. The average Bonchev–Trinajstić information content (AvgIpc) is 2.47. The summed E-state index contributed by atoms with van der Waals surface area (Å²) in [6, 6.07) is 6.89. The molecule has 0 unspecified atom stereocenters. The van der Waals surface area contributed by atoms with Gasteiger partial charge in [-0.3, -0.25) is 4.79 Å². The SMILES string of the molecule is CCOC(=O)C1CCN(S(=O)(=O)c2cccc(C)c2)CC1. The first-order chi connectivity index (χ1) is 9.95. The lowest BCUT2D eigenvalue weighted by molar-refractivity contribution is -0.149. The van der Waals surface area contributed by atoms with Gasteiger partial charge in [0.1, 0.15) is 0 Å². The standard InChI is InChI=1S/C15H21NO4S/c1-3-20-15(17)13-7-9-16(10-8-13)21(18,19)14-6-4-5-12(2)11-14/h4-6,11,13H,3,7-10H2,1-2H3. The molecule has 0 aliphatic carbocycles. The number of hydrogen-bond acceptors (Lipinski definition) is 4. The average molecular weight is 311 g/mol. The normalized spacial score (nSPS) is 17.6. The van der Waals surface area contributed by atoms with Gasteiger partial charge in [-0.2, -0.15) is 4.31 Å². The molecule has 0 radical (unpaired) electrons. The Balaban J connectivity index is 2.06. The van der Waals surface area contributed by atoms with Gasteiger partial charge >= 0.3 is 5.97 Å². The summed E-state index contributed by atoms with van der Waals surface area (Å²) in [5, 5.41) is 0. The van der Waals surface area contributed by atoms with E-state index in [1.54, 1.807) is 25.1 Å². The molecule has 5 nitrogen and oxygen atoms in total. The number of esters is 1. The monoisotopic (exact) mass is 311 g/mol. The third-order valence-corrected chi connectivity index (χ3v) is 5.60. The van der Waals surface area contributed by atoms with E-state index in [0.29, 0.717) is 37.4 Å². The number of ether oxygens (including phenoxy) is 1. The predicted octanol–water partition coefficient (Wildman–Crippen LogP) is 1.96. The molecule has 0 spiro atoms. The zero-order valence-corrected chi connectivity index (χ0v) is 13.2. The summed E-state index contributed by atoms with van der Waals surface area (Å²) in [6.45, 7) is 4.72. The summed E-state index contributed by atoms with van der Waals surface area (Å²) in [6.07, 6.45) is 1.04. The van der Waals surface area contributed by atoms with Crippen LogP contribution in [-0.4, -0.2) is 38.4 Å². The Morgan fingerprint density at radius 2 is 2.00 bits per heavy atom. The Bertz CT molecular complexity index is 604. The highest BCUT2D eigenvalue weighted by molar-refractivity contribution is 7.89. The van der Waals surface area contributed by atoms with E-state index in [0.717, 1.165) is 5.56 Å². The van der Waals surface area contributed by atoms with E-state index < -0.39 is 10.0 Å². The molecule has 1 fully saturated rings. The van der Waals surface area contributed by atoms with Crippen molar-refractivity contribution in [2.75, 3.05) is 19.7 Å². The van der Waals surface area contributed by atoms with Crippen molar-refractivity contribution in [3.05, 3.63) is 29.8 Å². The van der Waals surface area contributed by atoms with Crippen LogP contribution >= 0.6 is 0 Å². The van der Waals surface area contributed by atoms with Crippen molar-refractivity contribution >= 4 is 16.0 Å². The number of benzene rings is 1. The Hall–Kier alpha value is -1.40. The van der Waals surface area contributed by atoms with Gasteiger partial charge in [0.15, 0.2) is 0 Å². The van der Waals surface area contributed by atoms with E-state index in [1.165, 1.54) is 4.31 Å². The maximum Gasteiger partial charge on any atom is 0.309 e. The van der Waals surface area contributed by atoms with Crippen LogP contribution in [0, 0.1) is 12.8 Å². The van der Waals surface area contributed by atoms with Gasteiger partial charge < -0.3 is 4.74 Å². The number of sulfonamides is 1. The van der Waals surface area contributed by atoms with E-state index >= 15 is 0 Å². The number of nitrogens with zero attached hydrogens (tertiary/aromatic N) is 1. The van der Waals surface area contributed by atoms with Gasteiger partial charge in [0.25, 0.3) is 0 Å². The van der Waals surface area contributed by atoms with Gasteiger partial charge in [-0.25, -0.2) is 8.42 Å². The van der Waals surface area contributed by atoms with Crippen molar-refractivity contribution in [2.24, 2.45) is 5.92 Å². The van der Waals surface area contributed by atoms with Crippen LogP contribution in [0.2, 0.25) is 0 Å². The van der Waals surface area contributed by atoms with Crippen molar-refractivity contribution in [1.82, 2.24) is 4.31 Å². The van der Waals surface area contributed by atoms with Crippen molar-refractivity contribution < 1.29 is 17.9 Å². The van der Waals surface area contributed by atoms with Gasteiger partial charge in [0.2, 0.25) is 10.0 Å². The highest BCUT2D eigenvalue weighted by Gasteiger charge is 2.32. The summed E-state index contributed by atoms with van der Waals surface area (Å²) < 4.78 is 31.6. The van der Waals surface area contributed by atoms with Crippen molar-refractivity contribution in [1.29, 1.82) is 0 Å². The molecule has 0 saturated carbocycles. The molecule has 1 aliphatic rings. The van der Waals surface area contributed by atoms with Crippen LogP contribution in [-0.2, 0) is 19.6 Å². The van der Waals surface area contributed by atoms with E-state index in [9.17, 15) is 13.2 Å².